The van der Waals surface area contributed by atoms with E-state index in [1.54, 1.807) is 22.8 Å². The summed E-state index contributed by atoms with van der Waals surface area (Å²) in [6.07, 6.45) is 3.62. The third-order valence-corrected chi connectivity index (χ3v) is 6.73. The molecule has 4 rings (SSSR count). The maximum atomic E-state index is 13.7. The van der Waals surface area contributed by atoms with Crippen molar-refractivity contribution in [3.63, 3.8) is 0 Å². The number of fused-ring (bicyclic) bond motifs is 1. The topological polar surface area (TPSA) is 58.4 Å². The van der Waals surface area contributed by atoms with Crippen LogP contribution in [0.1, 0.15) is 44.5 Å². The lowest BCUT2D eigenvalue weighted by atomic mass is 9.84. The van der Waals surface area contributed by atoms with Crippen LogP contribution in [0.3, 0.4) is 0 Å². The van der Waals surface area contributed by atoms with E-state index in [4.69, 9.17) is 16.6 Å². The van der Waals surface area contributed by atoms with E-state index in [2.05, 4.69) is 11.8 Å². The van der Waals surface area contributed by atoms with Gasteiger partial charge >= 0.3 is 0 Å². The SMILES string of the molecule is CCC(c1nc2ccccc2c(=O)n1-c1ccc(Cl)cc1)N(CCN(C)C)C(=O)C1CCC1. The fraction of sp³-hybridized carbons (Fsp3) is 0.423. The highest BCUT2D eigenvalue weighted by Crippen LogP contribution is 2.33. The van der Waals surface area contributed by atoms with Gasteiger partial charge in [0.1, 0.15) is 5.82 Å². The van der Waals surface area contributed by atoms with Gasteiger partial charge in [0.05, 0.1) is 22.6 Å². The molecule has 1 aliphatic carbocycles. The highest BCUT2D eigenvalue weighted by molar-refractivity contribution is 6.30. The van der Waals surface area contributed by atoms with Gasteiger partial charge in [-0.15, -0.1) is 0 Å². The second kappa shape index (κ2) is 10.1. The molecule has 33 heavy (non-hydrogen) atoms. The molecule has 0 N–H and O–H groups in total. The number of hydrogen-bond acceptors (Lipinski definition) is 4. The van der Waals surface area contributed by atoms with E-state index in [9.17, 15) is 9.59 Å². The van der Waals surface area contributed by atoms with Crippen molar-refractivity contribution < 1.29 is 4.79 Å². The number of aromatic nitrogens is 2. The Labute approximate surface area is 199 Å². The molecule has 0 aliphatic heterocycles. The number of likely N-dealkylation sites (N-methyl/N-ethyl adjacent to an activating group) is 1. The molecule has 1 unspecified atom stereocenters. The summed E-state index contributed by atoms with van der Waals surface area (Å²) in [5.74, 6) is 0.826. The molecule has 1 aromatic heterocycles. The van der Waals surface area contributed by atoms with E-state index in [0.29, 0.717) is 40.4 Å². The number of rotatable bonds is 8. The molecule has 1 fully saturated rings. The molecule has 0 spiro atoms. The van der Waals surface area contributed by atoms with Crippen molar-refractivity contribution in [3.05, 3.63) is 69.7 Å². The summed E-state index contributed by atoms with van der Waals surface area (Å²) in [5.41, 5.74) is 1.20. The van der Waals surface area contributed by atoms with Crippen LogP contribution in [0.25, 0.3) is 16.6 Å². The van der Waals surface area contributed by atoms with Crippen LogP contribution in [0.4, 0.5) is 0 Å². The first-order valence-corrected chi connectivity index (χ1v) is 12.0. The summed E-state index contributed by atoms with van der Waals surface area (Å²) in [5, 5.41) is 1.15. The van der Waals surface area contributed by atoms with Crippen LogP contribution in [0.15, 0.2) is 53.3 Å². The van der Waals surface area contributed by atoms with Crippen molar-refractivity contribution in [1.82, 2.24) is 19.4 Å². The zero-order valence-corrected chi connectivity index (χ0v) is 20.3. The Morgan fingerprint density at radius 3 is 2.42 bits per heavy atom. The van der Waals surface area contributed by atoms with Gasteiger partial charge in [0.15, 0.2) is 0 Å². The van der Waals surface area contributed by atoms with Crippen LogP contribution in [-0.4, -0.2) is 52.4 Å². The van der Waals surface area contributed by atoms with Crippen LogP contribution in [0.2, 0.25) is 5.02 Å². The van der Waals surface area contributed by atoms with E-state index in [-0.39, 0.29) is 23.4 Å². The first-order chi connectivity index (χ1) is 15.9. The largest absolute Gasteiger partial charge is 0.331 e. The van der Waals surface area contributed by atoms with Crippen molar-refractivity contribution in [2.75, 3.05) is 27.2 Å². The zero-order valence-electron chi connectivity index (χ0n) is 19.5. The number of nitrogens with zero attached hydrogens (tertiary/aromatic N) is 4. The molecule has 7 heteroatoms. The van der Waals surface area contributed by atoms with Crippen molar-refractivity contribution in [1.29, 1.82) is 0 Å². The van der Waals surface area contributed by atoms with Crippen molar-refractivity contribution in [2.24, 2.45) is 5.92 Å². The van der Waals surface area contributed by atoms with E-state index >= 15 is 0 Å². The summed E-state index contributed by atoms with van der Waals surface area (Å²) in [6.45, 7) is 3.38. The Hall–Kier alpha value is -2.70. The average molecular weight is 467 g/mol. The Bertz CT molecular complexity index is 1190. The summed E-state index contributed by atoms with van der Waals surface area (Å²) in [7, 11) is 4.01. The van der Waals surface area contributed by atoms with Gasteiger partial charge in [0.25, 0.3) is 5.56 Å². The fourth-order valence-corrected chi connectivity index (χ4v) is 4.50. The number of carbonyl (C=O) groups is 1. The zero-order chi connectivity index (χ0) is 23.5. The van der Waals surface area contributed by atoms with E-state index in [0.717, 1.165) is 25.8 Å². The first-order valence-electron chi connectivity index (χ1n) is 11.6. The van der Waals surface area contributed by atoms with Crippen molar-refractivity contribution in [3.8, 4) is 5.69 Å². The highest BCUT2D eigenvalue weighted by atomic mass is 35.5. The molecule has 1 atom stereocenters. The van der Waals surface area contributed by atoms with Gasteiger partial charge in [-0.1, -0.05) is 37.1 Å². The van der Waals surface area contributed by atoms with Crippen LogP contribution < -0.4 is 5.56 Å². The van der Waals surface area contributed by atoms with Crippen LogP contribution in [-0.2, 0) is 4.79 Å². The lowest BCUT2D eigenvalue weighted by molar-refractivity contribution is -0.141. The summed E-state index contributed by atoms with van der Waals surface area (Å²) < 4.78 is 1.66. The van der Waals surface area contributed by atoms with Crippen LogP contribution in [0, 0.1) is 5.92 Å². The molecule has 1 amide bonds. The number of para-hydroxylation sites is 1. The Balaban J connectivity index is 1.90. The number of hydrogen-bond donors (Lipinski definition) is 0. The van der Waals surface area contributed by atoms with Gasteiger partial charge in [0, 0.05) is 24.0 Å². The molecular weight excluding hydrogens is 436 g/mol. The maximum absolute atomic E-state index is 13.7. The molecule has 1 aliphatic rings. The van der Waals surface area contributed by atoms with E-state index in [1.807, 2.05) is 49.3 Å². The summed E-state index contributed by atoms with van der Waals surface area (Å²) >= 11 is 6.12. The third-order valence-electron chi connectivity index (χ3n) is 6.47. The molecule has 6 nitrogen and oxygen atoms in total. The van der Waals surface area contributed by atoms with Gasteiger partial charge in [-0.25, -0.2) is 4.98 Å². The minimum absolute atomic E-state index is 0.0670. The summed E-state index contributed by atoms with van der Waals surface area (Å²) in [6, 6.07) is 14.3. The van der Waals surface area contributed by atoms with Crippen molar-refractivity contribution in [2.45, 2.75) is 38.6 Å². The van der Waals surface area contributed by atoms with Gasteiger partial charge in [0.2, 0.25) is 5.91 Å². The second-order valence-corrected chi connectivity index (χ2v) is 9.43. The predicted octanol–water partition coefficient (Wildman–Crippen LogP) is 4.68. The number of benzene rings is 2. The van der Waals surface area contributed by atoms with Gasteiger partial charge in [-0.3, -0.25) is 14.2 Å². The Kier molecular flexibility index (Phi) is 7.15. The van der Waals surface area contributed by atoms with Gasteiger partial charge in [-0.05, 0) is 69.8 Å². The summed E-state index contributed by atoms with van der Waals surface area (Å²) in [4.78, 5) is 36.2. The minimum Gasteiger partial charge on any atom is -0.331 e. The monoisotopic (exact) mass is 466 g/mol. The Morgan fingerprint density at radius 1 is 1.12 bits per heavy atom. The quantitative estimate of drug-likeness (QED) is 0.483. The molecule has 1 heterocycles. The minimum atomic E-state index is -0.314. The number of amides is 1. The number of carbonyl (C=O) groups excluding carboxylic acids is 1. The number of halogens is 1. The Morgan fingerprint density at radius 2 is 1.82 bits per heavy atom. The molecule has 2 aromatic carbocycles. The normalized spacial score (nSPS) is 14.9. The molecule has 174 valence electrons. The standard InChI is InChI=1S/C26H31ClN4O2/c1-4-23(30(17-16-29(2)3)25(32)18-8-7-9-18)24-28-22-11-6-5-10-21(22)26(33)31(24)20-14-12-19(27)13-15-20/h5-6,10-15,18,23H,4,7-9,16-17H2,1-3H3. The van der Waals surface area contributed by atoms with E-state index < -0.39 is 0 Å². The van der Waals surface area contributed by atoms with Crippen molar-refractivity contribution >= 4 is 28.4 Å². The van der Waals surface area contributed by atoms with Crippen LogP contribution >= 0.6 is 11.6 Å². The lowest BCUT2D eigenvalue weighted by Gasteiger charge is -2.37. The molecule has 3 aromatic rings. The molecular formula is C26H31ClN4O2. The van der Waals surface area contributed by atoms with E-state index in [1.165, 1.54) is 0 Å². The lowest BCUT2D eigenvalue weighted by Crippen LogP contribution is -2.45. The van der Waals surface area contributed by atoms with Gasteiger partial charge in [-0.2, -0.15) is 0 Å². The highest BCUT2D eigenvalue weighted by Gasteiger charge is 2.35. The van der Waals surface area contributed by atoms with Gasteiger partial charge < -0.3 is 9.80 Å². The maximum Gasteiger partial charge on any atom is 0.266 e. The molecule has 0 bridgehead atoms. The molecule has 0 saturated heterocycles. The molecule has 1 saturated carbocycles. The smallest absolute Gasteiger partial charge is 0.266 e. The second-order valence-electron chi connectivity index (χ2n) is 8.99. The first kappa shape index (κ1) is 23.5. The molecule has 0 radical (unpaired) electrons. The third kappa shape index (κ3) is 4.82. The predicted molar refractivity (Wildman–Crippen MR) is 133 cm³/mol. The fourth-order valence-electron chi connectivity index (χ4n) is 4.37. The average Bonchev–Trinajstić information content (AvgIpc) is 2.76. The van der Waals surface area contributed by atoms with Crippen LogP contribution in [0.5, 0.6) is 0 Å².